The van der Waals surface area contributed by atoms with Gasteiger partial charge in [-0.05, 0) is 114 Å². The van der Waals surface area contributed by atoms with E-state index in [1.165, 1.54) is 63.5 Å². The molecule has 1 N–H and O–H groups in total. The normalized spacial score (nSPS) is 40.3. The summed E-state index contributed by atoms with van der Waals surface area (Å²) in [6.07, 6.45) is 15.5. The second kappa shape index (κ2) is 9.66. The summed E-state index contributed by atoms with van der Waals surface area (Å²) in [5, 5.41) is 22.6. The quantitative estimate of drug-likeness (QED) is 0.247. The Morgan fingerprint density at radius 3 is 2.38 bits per heavy atom. The van der Waals surface area contributed by atoms with Gasteiger partial charge in [0.2, 0.25) is 0 Å². The van der Waals surface area contributed by atoms with Crippen molar-refractivity contribution in [1.29, 1.82) is 0 Å². The minimum Gasteiger partial charge on any atom is -0.478 e. The van der Waals surface area contributed by atoms with Gasteiger partial charge in [-0.2, -0.15) is 0 Å². The van der Waals surface area contributed by atoms with Crippen molar-refractivity contribution in [2.75, 3.05) is 0 Å². The standard InChI is InChI=1S/C37H53NO4/c1-23(2)10-8-11-24(3)26-17-19-35(7)30-15-14-29-33(4,5)18-16-27(37(29)22-36(30,37)21-20-34(26,35)6)31-25(32(39)40)12-9-13-28(31)38(41)42/h9,12-13,16,23-24,26,29-30H,8,10-11,14-15,17-22H2,1-7H3,(H,39,40)/t24-,26-,29+,30+,34-,35+,36+,37+/m1/s1. The van der Waals surface area contributed by atoms with Gasteiger partial charge in [0.05, 0.1) is 16.1 Å². The second-order valence-corrected chi connectivity index (χ2v) is 16.8. The number of carbonyl (C=O) groups is 1. The fourth-order valence-corrected chi connectivity index (χ4v) is 12.4. The van der Waals surface area contributed by atoms with Gasteiger partial charge in [-0.25, -0.2) is 4.79 Å². The van der Waals surface area contributed by atoms with E-state index in [1.807, 2.05) is 0 Å². The van der Waals surface area contributed by atoms with Crippen LogP contribution in [0, 0.1) is 66.8 Å². The van der Waals surface area contributed by atoms with Crippen LogP contribution in [0.1, 0.15) is 135 Å². The van der Waals surface area contributed by atoms with E-state index in [0.29, 0.717) is 22.8 Å². The molecule has 4 fully saturated rings. The minimum absolute atomic E-state index is 0.0406. The number of hydrogen-bond donors (Lipinski definition) is 1. The number of carboxylic acid groups (broad SMARTS) is 1. The van der Waals surface area contributed by atoms with Crippen molar-refractivity contribution in [3.63, 3.8) is 0 Å². The van der Waals surface area contributed by atoms with Gasteiger partial charge < -0.3 is 5.11 Å². The highest BCUT2D eigenvalue weighted by atomic mass is 16.6. The third-order valence-electron chi connectivity index (χ3n) is 14.4. The Morgan fingerprint density at radius 1 is 1.00 bits per heavy atom. The summed E-state index contributed by atoms with van der Waals surface area (Å²) in [5.74, 6) is 2.20. The zero-order chi connectivity index (χ0) is 30.5. The van der Waals surface area contributed by atoms with Gasteiger partial charge in [-0.15, -0.1) is 0 Å². The first-order valence-corrected chi connectivity index (χ1v) is 16.9. The Kier molecular flexibility index (Phi) is 6.88. The van der Waals surface area contributed by atoms with E-state index in [4.69, 9.17) is 0 Å². The molecule has 2 spiro atoms. The molecule has 0 heterocycles. The van der Waals surface area contributed by atoms with Crippen LogP contribution in [0.15, 0.2) is 24.3 Å². The Balaban J connectivity index is 1.42. The maximum absolute atomic E-state index is 12.5. The zero-order valence-electron chi connectivity index (χ0n) is 27.1. The molecule has 5 nitrogen and oxygen atoms in total. The summed E-state index contributed by atoms with van der Waals surface area (Å²) in [4.78, 5) is 24.5. The number of allylic oxidation sites excluding steroid dienone is 2. The largest absolute Gasteiger partial charge is 0.478 e. The number of rotatable bonds is 8. The molecule has 0 saturated heterocycles. The van der Waals surface area contributed by atoms with E-state index < -0.39 is 5.97 Å². The lowest BCUT2D eigenvalue weighted by Gasteiger charge is -2.63. The third-order valence-corrected chi connectivity index (χ3v) is 14.4. The van der Waals surface area contributed by atoms with E-state index in [0.717, 1.165) is 42.6 Å². The third kappa shape index (κ3) is 3.82. The van der Waals surface area contributed by atoms with Gasteiger partial charge in [-0.3, -0.25) is 10.1 Å². The van der Waals surface area contributed by atoms with Crippen LogP contribution in [0.5, 0.6) is 0 Å². The monoisotopic (exact) mass is 575 g/mol. The smallest absolute Gasteiger partial charge is 0.336 e. The first-order chi connectivity index (χ1) is 19.7. The predicted molar refractivity (Wildman–Crippen MR) is 168 cm³/mol. The lowest BCUT2D eigenvalue weighted by atomic mass is 9.41. The van der Waals surface area contributed by atoms with E-state index in [1.54, 1.807) is 6.07 Å². The predicted octanol–water partition coefficient (Wildman–Crippen LogP) is 10.2. The van der Waals surface area contributed by atoms with E-state index in [2.05, 4.69) is 54.5 Å². The van der Waals surface area contributed by atoms with Crippen LogP contribution in [0.25, 0.3) is 5.57 Å². The summed E-state index contributed by atoms with van der Waals surface area (Å²) >= 11 is 0. The van der Waals surface area contributed by atoms with Crippen LogP contribution >= 0.6 is 0 Å². The molecule has 8 atom stereocenters. The number of nitrogens with zero attached hydrogens (tertiary/aromatic N) is 1. The van der Waals surface area contributed by atoms with Crippen molar-refractivity contribution in [3.05, 3.63) is 45.5 Å². The number of fused-ring (bicyclic) bond motifs is 2. The Bertz CT molecular complexity index is 1300. The molecule has 0 aromatic heterocycles. The van der Waals surface area contributed by atoms with Crippen molar-refractivity contribution in [2.45, 2.75) is 119 Å². The molecular weight excluding hydrogens is 522 g/mol. The maximum Gasteiger partial charge on any atom is 0.336 e. The molecular formula is C37H53NO4. The summed E-state index contributed by atoms with van der Waals surface area (Å²) in [7, 11) is 0. The number of carboxylic acids is 1. The molecule has 0 bridgehead atoms. The van der Waals surface area contributed by atoms with Crippen LogP contribution < -0.4 is 0 Å². The van der Waals surface area contributed by atoms with Crippen molar-refractivity contribution in [2.24, 2.45) is 56.7 Å². The SMILES string of the molecule is CC(C)CCC[C@@H](C)[C@H]1CC[C@@]2(C)[C@@H]3CC[C@H]4C(C)(C)CC=C(c5c(C(=O)O)cccc5[N+](=O)[O-])[C@@]45C[C@@]35CC[C@]12C. The molecule has 0 radical (unpaired) electrons. The molecule has 230 valence electrons. The highest BCUT2D eigenvalue weighted by Gasteiger charge is 2.83. The molecule has 6 rings (SSSR count). The van der Waals surface area contributed by atoms with Crippen LogP contribution in [0.3, 0.4) is 0 Å². The van der Waals surface area contributed by atoms with Crippen LogP contribution in [-0.4, -0.2) is 16.0 Å². The second-order valence-electron chi connectivity index (χ2n) is 16.8. The van der Waals surface area contributed by atoms with Crippen LogP contribution in [0.2, 0.25) is 0 Å². The molecule has 0 amide bonds. The van der Waals surface area contributed by atoms with Crippen molar-refractivity contribution in [1.82, 2.24) is 0 Å². The summed E-state index contributed by atoms with van der Waals surface area (Å²) < 4.78 is 0. The van der Waals surface area contributed by atoms with Crippen LogP contribution in [-0.2, 0) is 0 Å². The van der Waals surface area contributed by atoms with Crippen LogP contribution in [0.4, 0.5) is 5.69 Å². The molecule has 42 heavy (non-hydrogen) atoms. The van der Waals surface area contributed by atoms with Crippen molar-refractivity contribution < 1.29 is 14.8 Å². The molecule has 0 aliphatic heterocycles. The zero-order valence-corrected chi connectivity index (χ0v) is 27.1. The molecule has 4 saturated carbocycles. The number of nitro groups is 1. The van der Waals surface area contributed by atoms with Gasteiger partial charge in [0.25, 0.3) is 5.69 Å². The van der Waals surface area contributed by atoms with Gasteiger partial charge in [-0.1, -0.05) is 79.9 Å². The Morgan fingerprint density at radius 2 is 1.71 bits per heavy atom. The lowest BCUT2D eigenvalue weighted by Crippen LogP contribution is -2.56. The molecule has 5 heteroatoms. The van der Waals surface area contributed by atoms with Gasteiger partial charge in [0.15, 0.2) is 0 Å². The molecule has 5 aliphatic carbocycles. The molecule has 5 aliphatic rings. The molecule has 1 aromatic rings. The Hall–Kier alpha value is -2.17. The minimum atomic E-state index is -1.07. The summed E-state index contributed by atoms with van der Waals surface area (Å²) in [6.45, 7) is 17.2. The summed E-state index contributed by atoms with van der Waals surface area (Å²) in [5.41, 5.74) is 2.06. The average molecular weight is 576 g/mol. The van der Waals surface area contributed by atoms with E-state index in [-0.39, 0.29) is 37.8 Å². The molecule has 0 unspecified atom stereocenters. The highest BCUT2D eigenvalue weighted by molar-refractivity contribution is 5.98. The number of benzene rings is 1. The van der Waals surface area contributed by atoms with Gasteiger partial charge in [0, 0.05) is 11.5 Å². The van der Waals surface area contributed by atoms with Gasteiger partial charge in [0.1, 0.15) is 0 Å². The Labute approximate surface area is 253 Å². The maximum atomic E-state index is 12.5. The highest BCUT2D eigenvalue weighted by Crippen LogP contribution is 2.90. The fourth-order valence-electron chi connectivity index (χ4n) is 12.4. The number of hydrogen-bond acceptors (Lipinski definition) is 3. The fraction of sp³-hybridized carbons (Fsp3) is 0.757. The van der Waals surface area contributed by atoms with Gasteiger partial charge >= 0.3 is 5.97 Å². The first kappa shape index (κ1) is 29.9. The van der Waals surface area contributed by atoms with E-state index >= 15 is 0 Å². The summed E-state index contributed by atoms with van der Waals surface area (Å²) in [6, 6.07) is 4.63. The topological polar surface area (TPSA) is 80.4 Å². The van der Waals surface area contributed by atoms with Crippen molar-refractivity contribution in [3.8, 4) is 0 Å². The number of aromatic carboxylic acids is 1. The average Bonchev–Trinajstić information content (AvgIpc) is 3.50. The van der Waals surface area contributed by atoms with Crippen molar-refractivity contribution >= 4 is 17.2 Å². The van der Waals surface area contributed by atoms with E-state index in [9.17, 15) is 20.0 Å². The number of nitro benzene ring substituents is 1. The first-order valence-electron chi connectivity index (χ1n) is 16.9. The molecule has 1 aromatic carbocycles. The lowest BCUT2D eigenvalue weighted by molar-refractivity contribution is -0.385.